The summed E-state index contributed by atoms with van der Waals surface area (Å²) in [5.41, 5.74) is 0. The molecule has 6 nitrogen and oxygen atoms in total. The van der Waals surface area contributed by atoms with Crippen molar-refractivity contribution in [2.75, 3.05) is 13.2 Å². The average molecular weight is 938 g/mol. The SMILES string of the molecule is CCCCC/C=C\C/C=C\CCCCCCCC(=O)OC[C@H](COC(=O)CCCCCCCCCCCCCCCCCCC)OC(=O)CCC/C=C\C/C=C\C/C=C\CCCCCCCC. The number of unbranched alkanes of at least 4 members (excludes halogenated alkanes) is 31. The molecule has 0 aliphatic heterocycles. The summed E-state index contributed by atoms with van der Waals surface area (Å²) in [7, 11) is 0. The van der Waals surface area contributed by atoms with Crippen LogP contribution < -0.4 is 0 Å². The first-order chi connectivity index (χ1) is 33.0. The van der Waals surface area contributed by atoms with Crippen LogP contribution in [0.4, 0.5) is 0 Å². The lowest BCUT2D eigenvalue weighted by atomic mass is 10.0. The van der Waals surface area contributed by atoms with E-state index in [0.29, 0.717) is 19.3 Å². The van der Waals surface area contributed by atoms with Gasteiger partial charge in [-0.15, -0.1) is 0 Å². The molecule has 0 saturated carbocycles. The van der Waals surface area contributed by atoms with E-state index in [4.69, 9.17) is 14.2 Å². The minimum absolute atomic E-state index is 0.0963. The smallest absolute Gasteiger partial charge is 0.306 e. The van der Waals surface area contributed by atoms with Crippen LogP contribution in [0.1, 0.15) is 290 Å². The molecule has 0 radical (unpaired) electrons. The molecule has 0 rings (SSSR count). The highest BCUT2D eigenvalue weighted by Crippen LogP contribution is 2.16. The minimum atomic E-state index is -0.805. The largest absolute Gasteiger partial charge is 0.462 e. The molecule has 388 valence electrons. The van der Waals surface area contributed by atoms with Crippen molar-refractivity contribution in [1.29, 1.82) is 0 Å². The van der Waals surface area contributed by atoms with Crippen LogP contribution in [0.2, 0.25) is 0 Å². The van der Waals surface area contributed by atoms with Gasteiger partial charge in [-0.1, -0.05) is 248 Å². The fraction of sp³-hybridized carbons (Fsp3) is 0.787. The molecule has 1 atom stereocenters. The molecule has 0 amide bonds. The van der Waals surface area contributed by atoms with Crippen molar-refractivity contribution in [2.45, 2.75) is 297 Å². The lowest BCUT2D eigenvalue weighted by Gasteiger charge is -2.18. The lowest BCUT2D eigenvalue weighted by molar-refractivity contribution is -0.167. The summed E-state index contributed by atoms with van der Waals surface area (Å²) in [6.45, 7) is 6.58. The quantitative estimate of drug-likeness (QED) is 0.0262. The fourth-order valence-electron chi connectivity index (χ4n) is 8.14. The first kappa shape index (κ1) is 64.1. The van der Waals surface area contributed by atoms with Crippen molar-refractivity contribution in [3.8, 4) is 0 Å². The predicted octanol–water partition coefficient (Wildman–Crippen LogP) is 19.2. The Hall–Kier alpha value is -2.89. The highest BCUT2D eigenvalue weighted by molar-refractivity contribution is 5.71. The number of esters is 3. The molecule has 0 heterocycles. The number of hydrogen-bond acceptors (Lipinski definition) is 6. The summed E-state index contributed by atoms with van der Waals surface area (Å²) in [6, 6.07) is 0. The maximum atomic E-state index is 12.8. The Labute approximate surface area is 415 Å². The van der Waals surface area contributed by atoms with Crippen molar-refractivity contribution < 1.29 is 28.6 Å². The highest BCUT2D eigenvalue weighted by Gasteiger charge is 2.19. The van der Waals surface area contributed by atoms with Crippen LogP contribution in [0.15, 0.2) is 60.8 Å². The number of allylic oxidation sites excluding steroid dienone is 10. The average Bonchev–Trinajstić information content (AvgIpc) is 3.33. The maximum Gasteiger partial charge on any atom is 0.306 e. The molecule has 0 unspecified atom stereocenters. The Bertz CT molecular complexity index is 1210. The molecule has 0 aliphatic carbocycles. The topological polar surface area (TPSA) is 78.9 Å². The van der Waals surface area contributed by atoms with Gasteiger partial charge in [-0.25, -0.2) is 0 Å². The Morgan fingerprint density at radius 1 is 0.299 bits per heavy atom. The van der Waals surface area contributed by atoms with Gasteiger partial charge in [-0.2, -0.15) is 0 Å². The molecular weight excluding hydrogens is 829 g/mol. The fourth-order valence-corrected chi connectivity index (χ4v) is 8.14. The summed E-state index contributed by atoms with van der Waals surface area (Å²) in [5.74, 6) is -0.952. The zero-order valence-corrected chi connectivity index (χ0v) is 44.4. The maximum absolute atomic E-state index is 12.8. The third-order valence-electron chi connectivity index (χ3n) is 12.5. The standard InChI is InChI=1S/C61H108O6/c1-4-7-10-13-16-19-22-25-28-30-33-36-39-42-45-48-51-54-60(63)66-57-58(56-65-59(62)53-50-47-44-41-38-35-32-27-24-21-18-15-12-9-6-3)67-61(64)55-52-49-46-43-40-37-34-31-29-26-23-20-17-14-11-8-5-2/h18,21,26-27,29,32,34,37,43,46,58H,4-17,19-20,22-25,28,30-31,33,35-36,38-42,44-45,47-57H2,1-3H3/b21-18-,29-26-,32-27-,37-34-,46-43-/t58-/m1/s1. The monoisotopic (exact) mass is 937 g/mol. The zero-order valence-electron chi connectivity index (χ0n) is 44.4. The third kappa shape index (κ3) is 53.9. The number of hydrogen-bond donors (Lipinski definition) is 0. The summed E-state index contributed by atoms with van der Waals surface area (Å²) < 4.78 is 16.8. The molecule has 0 saturated heterocycles. The van der Waals surface area contributed by atoms with Crippen molar-refractivity contribution in [2.24, 2.45) is 0 Å². The molecule has 0 spiro atoms. The van der Waals surface area contributed by atoms with E-state index >= 15 is 0 Å². The second kappa shape index (κ2) is 55.7. The van der Waals surface area contributed by atoms with Crippen molar-refractivity contribution in [3.63, 3.8) is 0 Å². The van der Waals surface area contributed by atoms with Crippen LogP contribution in [0.25, 0.3) is 0 Å². The molecule has 0 aromatic heterocycles. The van der Waals surface area contributed by atoms with Gasteiger partial charge in [-0.05, 0) is 83.5 Å². The molecule has 0 aromatic rings. The molecular formula is C61H108O6. The van der Waals surface area contributed by atoms with E-state index in [1.165, 1.54) is 161 Å². The number of carbonyl (C=O) groups excluding carboxylic acids is 3. The van der Waals surface area contributed by atoms with Gasteiger partial charge < -0.3 is 14.2 Å². The normalized spacial score (nSPS) is 12.5. The van der Waals surface area contributed by atoms with Crippen LogP contribution in [0, 0.1) is 0 Å². The van der Waals surface area contributed by atoms with Gasteiger partial charge in [-0.3, -0.25) is 14.4 Å². The Kier molecular flexibility index (Phi) is 53.3. The van der Waals surface area contributed by atoms with Crippen molar-refractivity contribution in [1.82, 2.24) is 0 Å². The van der Waals surface area contributed by atoms with Crippen LogP contribution >= 0.6 is 0 Å². The van der Waals surface area contributed by atoms with Gasteiger partial charge in [0.25, 0.3) is 0 Å². The molecule has 6 heteroatoms. The summed E-state index contributed by atoms with van der Waals surface area (Å²) in [5, 5.41) is 0. The number of rotatable bonds is 52. The molecule has 67 heavy (non-hydrogen) atoms. The van der Waals surface area contributed by atoms with Crippen LogP contribution in [0.5, 0.6) is 0 Å². The van der Waals surface area contributed by atoms with E-state index in [1.54, 1.807) is 0 Å². The van der Waals surface area contributed by atoms with Gasteiger partial charge in [0.15, 0.2) is 6.10 Å². The summed E-state index contributed by atoms with van der Waals surface area (Å²) in [4.78, 5) is 38.1. The van der Waals surface area contributed by atoms with Gasteiger partial charge in [0, 0.05) is 19.3 Å². The molecule has 0 N–H and O–H groups in total. The molecule has 0 aliphatic rings. The Morgan fingerprint density at radius 2 is 0.552 bits per heavy atom. The number of ether oxygens (including phenoxy) is 3. The number of carbonyl (C=O) groups is 3. The van der Waals surface area contributed by atoms with Crippen LogP contribution in [-0.2, 0) is 28.6 Å². The van der Waals surface area contributed by atoms with Crippen LogP contribution in [-0.4, -0.2) is 37.2 Å². The minimum Gasteiger partial charge on any atom is -0.462 e. The first-order valence-electron chi connectivity index (χ1n) is 28.8. The van der Waals surface area contributed by atoms with Gasteiger partial charge in [0.05, 0.1) is 0 Å². The van der Waals surface area contributed by atoms with E-state index in [-0.39, 0.29) is 37.5 Å². The third-order valence-corrected chi connectivity index (χ3v) is 12.5. The van der Waals surface area contributed by atoms with E-state index < -0.39 is 6.10 Å². The lowest BCUT2D eigenvalue weighted by Crippen LogP contribution is -2.30. The predicted molar refractivity (Wildman–Crippen MR) is 288 cm³/mol. The van der Waals surface area contributed by atoms with E-state index in [2.05, 4.69) is 81.5 Å². The van der Waals surface area contributed by atoms with Gasteiger partial charge >= 0.3 is 17.9 Å². The van der Waals surface area contributed by atoms with Gasteiger partial charge in [0.1, 0.15) is 13.2 Å². The van der Waals surface area contributed by atoms with Crippen molar-refractivity contribution >= 4 is 17.9 Å². The highest BCUT2D eigenvalue weighted by atomic mass is 16.6. The zero-order chi connectivity index (χ0) is 48.6. The summed E-state index contributed by atoms with van der Waals surface area (Å²) in [6.07, 6.45) is 69.3. The van der Waals surface area contributed by atoms with E-state index in [1.807, 2.05) is 0 Å². The van der Waals surface area contributed by atoms with Gasteiger partial charge in [0.2, 0.25) is 0 Å². The molecule has 0 aromatic carbocycles. The second-order valence-electron chi connectivity index (χ2n) is 19.2. The van der Waals surface area contributed by atoms with Crippen LogP contribution in [0.3, 0.4) is 0 Å². The van der Waals surface area contributed by atoms with Crippen molar-refractivity contribution in [3.05, 3.63) is 60.8 Å². The van der Waals surface area contributed by atoms with E-state index in [0.717, 1.165) is 83.5 Å². The molecule has 0 bridgehead atoms. The second-order valence-corrected chi connectivity index (χ2v) is 19.2. The Morgan fingerprint density at radius 3 is 0.910 bits per heavy atom. The first-order valence-corrected chi connectivity index (χ1v) is 28.8. The summed E-state index contributed by atoms with van der Waals surface area (Å²) >= 11 is 0. The Balaban J connectivity index is 4.45. The molecule has 0 fully saturated rings. The van der Waals surface area contributed by atoms with E-state index in [9.17, 15) is 14.4 Å².